The zero-order chi connectivity index (χ0) is 41.3. The third-order valence-electron chi connectivity index (χ3n) is 8.49. The van der Waals surface area contributed by atoms with E-state index in [9.17, 15) is 34.6 Å². The molecule has 1 amide bonds. The Morgan fingerprint density at radius 1 is 0.842 bits per heavy atom. The summed E-state index contributed by atoms with van der Waals surface area (Å²) in [5, 5.41) is 31.7. The molecule has 4 rings (SSSR count). The van der Waals surface area contributed by atoms with Crippen molar-refractivity contribution in [3.05, 3.63) is 104 Å². The summed E-state index contributed by atoms with van der Waals surface area (Å²) >= 11 is 0. The van der Waals surface area contributed by atoms with Crippen LogP contribution in [0.1, 0.15) is 77.2 Å². The molecule has 3 aromatic carbocycles. The molecule has 2 unspecified atom stereocenters. The Morgan fingerprint density at radius 3 is 2.23 bits per heavy atom. The van der Waals surface area contributed by atoms with Crippen molar-refractivity contribution in [2.75, 3.05) is 13.2 Å². The number of tetrazole rings is 1. The number of rotatable bonds is 22. The molecule has 304 valence electrons. The van der Waals surface area contributed by atoms with Crippen molar-refractivity contribution in [3.63, 3.8) is 0 Å². The lowest BCUT2D eigenvalue weighted by molar-refractivity contribution is -0.763. The Hall–Kier alpha value is -6.66. The summed E-state index contributed by atoms with van der Waals surface area (Å²) in [5.74, 6) is -0.708. The van der Waals surface area contributed by atoms with Crippen LogP contribution in [0.2, 0.25) is 0 Å². The third kappa shape index (κ3) is 13.3. The van der Waals surface area contributed by atoms with Gasteiger partial charge in [-0.2, -0.15) is 0 Å². The van der Waals surface area contributed by atoms with Gasteiger partial charge >= 0.3 is 12.1 Å². The number of amides is 1. The average molecular weight is 792 g/mol. The number of hydrogen-bond donors (Lipinski definition) is 0. The van der Waals surface area contributed by atoms with Gasteiger partial charge in [0.25, 0.3) is 10.2 Å². The fourth-order valence-electron chi connectivity index (χ4n) is 5.70. The zero-order valence-electron chi connectivity index (χ0n) is 32.1. The van der Waals surface area contributed by atoms with Gasteiger partial charge in [-0.3, -0.25) is 4.79 Å². The molecule has 0 radical (unpaired) electrons. The van der Waals surface area contributed by atoms with Crippen LogP contribution in [0.15, 0.2) is 72.8 Å². The van der Waals surface area contributed by atoms with Gasteiger partial charge in [0, 0.05) is 18.5 Å². The maximum absolute atomic E-state index is 13.7. The molecule has 0 aliphatic rings. The van der Waals surface area contributed by atoms with E-state index in [1.807, 2.05) is 69.3 Å². The van der Waals surface area contributed by atoms with Gasteiger partial charge in [-0.25, -0.2) is 9.59 Å². The number of ether oxygens (including phenoxy) is 3. The van der Waals surface area contributed by atoms with Crippen molar-refractivity contribution in [1.82, 2.24) is 25.1 Å². The van der Waals surface area contributed by atoms with Gasteiger partial charge in [0.05, 0.1) is 13.2 Å². The molecule has 0 bridgehead atoms. The third-order valence-corrected chi connectivity index (χ3v) is 8.49. The molecule has 19 heteroatoms. The van der Waals surface area contributed by atoms with Crippen molar-refractivity contribution < 1.29 is 48.4 Å². The van der Waals surface area contributed by atoms with Crippen LogP contribution in [0.4, 0.5) is 4.79 Å². The molecular formula is C38H45N7O12. The molecule has 0 N–H and O–H groups in total. The van der Waals surface area contributed by atoms with Crippen LogP contribution in [0.25, 0.3) is 22.5 Å². The Kier molecular flexibility index (Phi) is 16.2. The molecule has 2 atom stereocenters. The van der Waals surface area contributed by atoms with E-state index < -0.39 is 34.6 Å². The highest BCUT2D eigenvalue weighted by Crippen LogP contribution is 2.31. The van der Waals surface area contributed by atoms with E-state index in [1.165, 1.54) is 13.0 Å². The molecule has 0 saturated heterocycles. The number of carbonyl (C=O) groups excluding carboxylic acids is 3. The number of hydrogen-bond acceptors (Lipinski definition) is 15. The van der Waals surface area contributed by atoms with E-state index in [1.54, 1.807) is 23.1 Å². The van der Waals surface area contributed by atoms with E-state index >= 15 is 0 Å². The number of benzene rings is 3. The summed E-state index contributed by atoms with van der Waals surface area (Å²) in [6.07, 6.45) is 0.408. The molecular weight excluding hydrogens is 746 g/mol. The molecule has 0 fully saturated rings. The van der Waals surface area contributed by atoms with Crippen LogP contribution in [0.5, 0.6) is 5.75 Å². The molecule has 19 nitrogen and oxygen atoms in total. The van der Waals surface area contributed by atoms with E-state index in [4.69, 9.17) is 14.2 Å². The number of nitrogens with zero attached hydrogens (tertiary/aromatic N) is 7. The first-order valence-corrected chi connectivity index (χ1v) is 18.3. The number of carbonyl (C=O) groups is 3. The highest BCUT2D eigenvalue weighted by Gasteiger charge is 2.34. The van der Waals surface area contributed by atoms with Crippen molar-refractivity contribution in [3.8, 4) is 28.3 Å². The highest BCUT2D eigenvalue weighted by atomic mass is 17.0. The minimum atomic E-state index is -0.966. The number of aromatic nitrogens is 4. The first-order valence-electron chi connectivity index (χ1n) is 18.3. The van der Waals surface area contributed by atoms with Crippen molar-refractivity contribution >= 4 is 18.0 Å². The smallest absolute Gasteiger partial charge is 0.434 e. The molecule has 1 aromatic heterocycles. The maximum Gasteiger partial charge on any atom is 0.510 e. The van der Waals surface area contributed by atoms with Crippen LogP contribution >= 0.6 is 0 Å². The Morgan fingerprint density at radius 2 is 1.54 bits per heavy atom. The minimum Gasteiger partial charge on any atom is -0.434 e. The second-order valence-corrected chi connectivity index (χ2v) is 13.1. The standard InChI is InChI=1S/C38H45N7O12/c1-5-6-16-34(46)42(35(26(2)3)37(47)57-31-13-11-12-29(23-31)25-55-45(51)52)24-28-17-19-30(20-18-28)32-14-7-8-15-33(32)36-39-41-43(40-36)27(4)56-38(48)53-21-9-10-22-54-44(49)50/h7-8,11-15,17-20,23,26-27,35H,5-6,9-10,16,21-22,24-25H2,1-4H3. The van der Waals surface area contributed by atoms with Gasteiger partial charge in [0.1, 0.15) is 18.4 Å². The van der Waals surface area contributed by atoms with Gasteiger partial charge in [-0.05, 0) is 71.7 Å². The van der Waals surface area contributed by atoms with Crippen LogP contribution in [-0.2, 0) is 41.9 Å². The molecule has 57 heavy (non-hydrogen) atoms. The zero-order valence-corrected chi connectivity index (χ0v) is 32.1. The lowest BCUT2D eigenvalue weighted by Crippen LogP contribution is -2.49. The highest BCUT2D eigenvalue weighted by molar-refractivity contribution is 5.86. The predicted octanol–water partition coefficient (Wildman–Crippen LogP) is 6.52. The van der Waals surface area contributed by atoms with E-state index in [-0.39, 0.29) is 56.2 Å². The molecule has 0 aliphatic heterocycles. The van der Waals surface area contributed by atoms with Crippen molar-refractivity contribution in [1.29, 1.82) is 0 Å². The van der Waals surface area contributed by atoms with Crippen molar-refractivity contribution in [2.45, 2.75) is 85.2 Å². The fraction of sp³-hybridized carbons (Fsp3) is 0.421. The lowest BCUT2D eigenvalue weighted by atomic mass is 9.97. The topological polar surface area (TPSA) is 230 Å². The summed E-state index contributed by atoms with van der Waals surface area (Å²) in [6.45, 7) is 6.88. The maximum atomic E-state index is 13.7. The number of unbranched alkanes of at least 4 members (excludes halogenated alkanes) is 2. The quantitative estimate of drug-likeness (QED) is 0.0271. The monoisotopic (exact) mass is 791 g/mol. The lowest BCUT2D eigenvalue weighted by Gasteiger charge is -2.33. The normalized spacial score (nSPS) is 11.9. The summed E-state index contributed by atoms with van der Waals surface area (Å²) in [7, 11) is 0. The Balaban J connectivity index is 1.47. The van der Waals surface area contributed by atoms with E-state index in [0.29, 0.717) is 30.4 Å². The Labute approximate surface area is 328 Å². The van der Waals surface area contributed by atoms with Crippen LogP contribution in [0.3, 0.4) is 0 Å². The van der Waals surface area contributed by atoms with Crippen LogP contribution in [-0.4, -0.2) is 72.6 Å². The van der Waals surface area contributed by atoms with Gasteiger partial charge < -0.3 is 28.8 Å². The van der Waals surface area contributed by atoms with E-state index in [2.05, 4.69) is 25.1 Å². The molecule has 0 aliphatic carbocycles. The predicted molar refractivity (Wildman–Crippen MR) is 201 cm³/mol. The van der Waals surface area contributed by atoms with E-state index in [0.717, 1.165) is 27.9 Å². The SMILES string of the molecule is CCCCC(=O)N(Cc1ccc(-c2ccccc2-c2nnn(C(C)OC(=O)OCCCCO[N+](=O)[O-])n2)cc1)C(C(=O)Oc1cccc(CO[N+](=O)[O-])c1)C(C)C. The summed E-state index contributed by atoms with van der Waals surface area (Å²) in [5.41, 5.74) is 3.45. The van der Waals surface area contributed by atoms with Gasteiger partial charge in [0.2, 0.25) is 18.0 Å². The van der Waals surface area contributed by atoms with Gasteiger partial charge in [-0.15, -0.1) is 35.2 Å². The van der Waals surface area contributed by atoms with Gasteiger partial charge in [0.15, 0.2) is 0 Å². The molecule has 4 aromatic rings. The number of esters is 1. The summed E-state index contributed by atoms with van der Waals surface area (Å²) in [6, 6.07) is 20.2. The summed E-state index contributed by atoms with van der Waals surface area (Å²) in [4.78, 5) is 71.7. The molecule has 0 spiro atoms. The second kappa shape index (κ2) is 21.4. The molecule has 0 saturated carbocycles. The Bertz CT molecular complexity index is 1970. The first-order chi connectivity index (χ1) is 27.4. The van der Waals surface area contributed by atoms with Crippen LogP contribution < -0.4 is 4.74 Å². The summed E-state index contributed by atoms with van der Waals surface area (Å²) < 4.78 is 16.0. The largest absolute Gasteiger partial charge is 0.510 e. The van der Waals surface area contributed by atoms with Gasteiger partial charge in [-0.1, -0.05) is 87.9 Å². The second-order valence-electron chi connectivity index (χ2n) is 13.1. The van der Waals surface area contributed by atoms with Crippen molar-refractivity contribution in [2.24, 2.45) is 5.92 Å². The van der Waals surface area contributed by atoms with Crippen LogP contribution in [0, 0.1) is 26.1 Å². The average Bonchev–Trinajstić information content (AvgIpc) is 3.68. The minimum absolute atomic E-state index is 0.0187. The molecule has 1 heterocycles. The fourth-order valence-corrected chi connectivity index (χ4v) is 5.70. The first kappa shape index (κ1) is 43.1.